The Hall–Kier alpha value is -1.36. The summed E-state index contributed by atoms with van der Waals surface area (Å²) in [5, 5.41) is 0. The van der Waals surface area contributed by atoms with Gasteiger partial charge in [0.05, 0.1) is 5.69 Å². The number of imidazole rings is 1. The van der Waals surface area contributed by atoms with Crippen LogP contribution >= 0.6 is 0 Å². The highest BCUT2D eigenvalue weighted by Gasteiger charge is 2.12. The van der Waals surface area contributed by atoms with Crippen molar-refractivity contribution in [2.75, 3.05) is 0 Å². The van der Waals surface area contributed by atoms with Gasteiger partial charge in [-0.05, 0) is 6.92 Å². The van der Waals surface area contributed by atoms with Crippen molar-refractivity contribution in [1.29, 1.82) is 0 Å². The number of amides is 1. The van der Waals surface area contributed by atoms with Crippen molar-refractivity contribution in [2.45, 2.75) is 32.9 Å². The second kappa shape index (κ2) is 4.23. The Kier molecular flexibility index (Phi) is 3.24. The van der Waals surface area contributed by atoms with Gasteiger partial charge >= 0.3 is 0 Å². The maximum atomic E-state index is 10.8. The second-order valence-electron chi connectivity index (χ2n) is 3.31. The lowest BCUT2D eigenvalue weighted by Gasteiger charge is -2.10. The average molecular weight is 196 g/mol. The lowest BCUT2D eigenvalue weighted by Crippen LogP contribution is -2.40. The molecule has 1 rings (SSSR count). The zero-order valence-corrected chi connectivity index (χ0v) is 8.53. The molecular formula is C9H16N4O. The van der Waals surface area contributed by atoms with E-state index in [1.807, 2.05) is 24.6 Å². The van der Waals surface area contributed by atoms with E-state index in [-0.39, 0.29) is 0 Å². The number of carbonyl (C=O) groups excluding carboxylic acids is 1. The van der Waals surface area contributed by atoms with Gasteiger partial charge in [0.1, 0.15) is 11.9 Å². The van der Waals surface area contributed by atoms with Gasteiger partial charge in [0.15, 0.2) is 0 Å². The minimum absolute atomic E-state index is 0.402. The van der Waals surface area contributed by atoms with E-state index in [0.717, 1.165) is 17.9 Å². The van der Waals surface area contributed by atoms with Crippen LogP contribution in [-0.4, -0.2) is 21.5 Å². The van der Waals surface area contributed by atoms with Crippen LogP contribution in [0.3, 0.4) is 0 Å². The number of nitrogens with two attached hydrogens (primary N) is 2. The van der Waals surface area contributed by atoms with Crippen molar-refractivity contribution < 1.29 is 4.79 Å². The molecule has 14 heavy (non-hydrogen) atoms. The second-order valence-corrected chi connectivity index (χ2v) is 3.31. The summed E-state index contributed by atoms with van der Waals surface area (Å²) >= 11 is 0. The van der Waals surface area contributed by atoms with Crippen LogP contribution < -0.4 is 11.5 Å². The first-order valence-corrected chi connectivity index (χ1v) is 4.62. The van der Waals surface area contributed by atoms with E-state index in [0.29, 0.717) is 6.54 Å². The number of carbonyl (C=O) groups is 1. The third-order valence-corrected chi connectivity index (χ3v) is 2.05. The predicted octanol–water partition coefficient (Wildman–Crippen LogP) is -0.433. The number of rotatable bonds is 4. The number of hydrogen-bond donors (Lipinski definition) is 2. The first-order chi connectivity index (χ1) is 6.54. The summed E-state index contributed by atoms with van der Waals surface area (Å²) < 4.78 is 1.88. The molecule has 1 amide bonds. The van der Waals surface area contributed by atoms with E-state index in [4.69, 9.17) is 11.5 Å². The third kappa shape index (κ3) is 2.32. The van der Waals surface area contributed by atoms with Gasteiger partial charge in [-0.15, -0.1) is 0 Å². The van der Waals surface area contributed by atoms with E-state index in [1.54, 1.807) is 0 Å². The van der Waals surface area contributed by atoms with Gasteiger partial charge in [-0.25, -0.2) is 4.98 Å². The molecule has 0 bridgehead atoms. The maximum absolute atomic E-state index is 10.8. The molecule has 0 radical (unpaired) electrons. The molecule has 4 N–H and O–H groups in total. The summed E-state index contributed by atoms with van der Waals surface area (Å²) in [6, 6.07) is -0.645. The molecule has 1 unspecified atom stereocenters. The molecular weight excluding hydrogens is 180 g/mol. The minimum atomic E-state index is -0.645. The molecule has 1 atom stereocenters. The van der Waals surface area contributed by atoms with Crippen molar-refractivity contribution in [3.63, 3.8) is 0 Å². The highest BCUT2D eigenvalue weighted by Crippen LogP contribution is 2.03. The molecule has 0 aliphatic rings. The molecule has 5 heteroatoms. The van der Waals surface area contributed by atoms with E-state index in [9.17, 15) is 4.79 Å². The average Bonchev–Trinajstić information content (AvgIpc) is 2.45. The number of hydrogen-bond acceptors (Lipinski definition) is 3. The summed E-state index contributed by atoms with van der Waals surface area (Å²) in [4.78, 5) is 15.1. The van der Waals surface area contributed by atoms with Crippen LogP contribution in [-0.2, 0) is 17.8 Å². The standard InChI is InChI=1S/C9H16N4O/c1-3-8-12-6(2)4-13(8)5-7(10)9(11)14/h4,7H,3,5,10H2,1-2H3,(H2,11,14). The molecule has 0 saturated carbocycles. The molecule has 1 aromatic rings. The largest absolute Gasteiger partial charge is 0.368 e. The van der Waals surface area contributed by atoms with E-state index >= 15 is 0 Å². The van der Waals surface area contributed by atoms with E-state index in [1.165, 1.54) is 0 Å². The summed E-state index contributed by atoms with van der Waals surface area (Å²) in [6.07, 6.45) is 2.70. The Bertz CT molecular complexity index is 332. The first-order valence-electron chi connectivity index (χ1n) is 4.62. The molecule has 0 aliphatic heterocycles. The van der Waals surface area contributed by atoms with Gasteiger partial charge < -0.3 is 16.0 Å². The number of nitrogens with zero attached hydrogens (tertiary/aromatic N) is 2. The topological polar surface area (TPSA) is 86.9 Å². The van der Waals surface area contributed by atoms with Gasteiger partial charge in [-0.3, -0.25) is 4.79 Å². The molecule has 0 aliphatic carbocycles. The van der Waals surface area contributed by atoms with E-state index < -0.39 is 11.9 Å². The lowest BCUT2D eigenvalue weighted by molar-refractivity contribution is -0.119. The molecule has 78 valence electrons. The number of aryl methyl sites for hydroxylation is 2. The summed E-state index contributed by atoms with van der Waals surface area (Å²) in [6.45, 7) is 4.32. The van der Waals surface area contributed by atoms with Crippen LogP contribution in [0.25, 0.3) is 0 Å². The fourth-order valence-corrected chi connectivity index (χ4v) is 1.34. The molecule has 0 aromatic carbocycles. The fraction of sp³-hybridized carbons (Fsp3) is 0.556. The monoisotopic (exact) mass is 196 g/mol. The maximum Gasteiger partial charge on any atom is 0.236 e. The van der Waals surface area contributed by atoms with Crippen molar-refractivity contribution in [1.82, 2.24) is 9.55 Å². The quantitative estimate of drug-likeness (QED) is 0.684. The lowest BCUT2D eigenvalue weighted by atomic mass is 10.3. The van der Waals surface area contributed by atoms with Crippen LogP contribution in [0.15, 0.2) is 6.20 Å². The zero-order chi connectivity index (χ0) is 10.7. The predicted molar refractivity (Wildman–Crippen MR) is 53.5 cm³/mol. The highest BCUT2D eigenvalue weighted by molar-refractivity contribution is 5.79. The van der Waals surface area contributed by atoms with Crippen molar-refractivity contribution in [3.05, 3.63) is 17.7 Å². The summed E-state index contributed by atoms with van der Waals surface area (Å²) in [7, 11) is 0. The Morgan fingerprint density at radius 2 is 2.36 bits per heavy atom. The van der Waals surface area contributed by atoms with Gasteiger partial charge in [0, 0.05) is 19.2 Å². The Morgan fingerprint density at radius 1 is 1.71 bits per heavy atom. The fourth-order valence-electron chi connectivity index (χ4n) is 1.34. The molecule has 0 saturated heterocycles. The van der Waals surface area contributed by atoms with Crippen LogP contribution in [0.5, 0.6) is 0 Å². The van der Waals surface area contributed by atoms with Crippen LogP contribution in [0.4, 0.5) is 0 Å². The molecule has 0 fully saturated rings. The van der Waals surface area contributed by atoms with Crippen LogP contribution in [0.1, 0.15) is 18.4 Å². The third-order valence-electron chi connectivity index (χ3n) is 2.05. The first kappa shape index (κ1) is 10.7. The van der Waals surface area contributed by atoms with Crippen molar-refractivity contribution in [2.24, 2.45) is 11.5 Å². The highest BCUT2D eigenvalue weighted by atomic mass is 16.1. The van der Waals surface area contributed by atoms with Gasteiger partial charge in [-0.1, -0.05) is 6.92 Å². The van der Waals surface area contributed by atoms with Crippen LogP contribution in [0.2, 0.25) is 0 Å². The van der Waals surface area contributed by atoms with E-state index in [2.05, 4.69) is 4.98 Å². The summed E-state index contributed by atoms with van der Waals surface area (Å²) in [5.41, 5.74) is 11.6. The van der Waals surface area contributed by atoms with Crippen LogP contribution in [0, 0.1) is 6.92 Å². The molecule has 1 aromatic heterocycles. The zero-order valence-electron chi connectivity index (χ0n) is 8.53. The number of aromatic nitrogens is 2. The molecule has 0 spiro atoms. The normalized spacial score (nSPS) is 12.8. The Labute approximate surface area is 83.1 Å². The van der Waals surface area contributed by atoms with Crippen molar-refractivity contribution >= 4 is 5.91 Å². The van der Waals surface area contributed by atoms with Crippen molar-refractivity contribution in [3.8, 4) is 0 Å². The smallest absolute Gasteiger partial charge is 0.236 e. The molecule has 5 nitrogen and oxygen atoms in total. The molecule has 1 heterocycles. The van der Waals surface area contributed by atoms with Gasteiger partial charge in [0.25, 0.3) is 0 Å². The number of primary amides is 1. The summed E-state index contributed by atoms with van der Waals surface area (Å²) in [5.74, 6) is 0.442. The Balaban J connectivity index is 2.79. The van der Waals surface area contributed by atoms with Gasteiger partial charge in [-0.2, -0.15) is 0 Å². The Morgan fingerprint density at radius 3 is 2.86 bits per heavy atom. The van der Waals surface area contributed by atoms with Gasteiger partial charge in [0.2, 0.25) is 5.91 Å². The minimum Gasteiger partial charge on any atom is -0.368 e. The SMILES string of the molecule is CCc1nc(C)cn1CC(N)C(N)=O.